The number of nitrogens with zero attached hydrogens (tertiary/aromatic N) is 1. The first kappa shape index (κ1) is 27.3. The van der Waals surface area contributed by atoms with Gasteiger partial charge in [-0.2, -0.15) is 0 Å². The topological polar surface area (TPSA) is 121 Å². The molecule has 1 aliphatic carbocycles. The maximum atomic E-state index is 13.3. The maximum Gasteiger partial charge on any atom is 0.410 e. The molecule has 3 amide bonds. The zero-order chi connectivity index (χ0) is 27.6. The molecule has 4 atom stereocenters. The minimum absolute atomic E-state index is 0.0370. The standard InChI is InChI=1S/C28H35FN4O5/c1-16(25(35)32-22-11-10-21-20(22)9-12-24(34)31-21)30-26(36)23-14-18(13-17-5-7-19(29)8-6-17)15-33(23)27(37)38-28(2,3)4/h5-9,12,16,18,22-23H,10-11,13-15H2,1-4H3,(H,30,36)(H,31,34)(H,32,35)/t16-,18-,22?,23?/m0/s1. The largest absolute Gasteiger partial charge is 0.444 e. The van der Waals surface area contributed by atoms with E-state index >= 15 is 0 Å². The molecule has 3 N–H and O–H groups in total. The Kier molecular flexibility index (Phi) is 7.89. The molecule has 2 heterocycles. The van der Waals surface area contributed by atoms with Crippen LogP contribution in [0.1, 0.15) is 63.4 Å². The molecule has 1 aliphatic heterocycles. The van der Waals surface area contributed by atoms with Crippen LogP contribution in [0.2, 0.25) is 0 Å². The molecule has 2 unspecified atom stereocenters. The first-order chi connectivity index (χ1) is 17.9. The van der Waals surface area contributed by atoms with E-state index in [-0.39, 0.29) is 29.2 Å². The van der Waals surface area contributed by atoms with Crippen molar-refractivity contribution in [1.82, 2.24) is 20.5 Å². The van der Waals surface area contributed by atoms with Crippen molar-refractivity contribution in [2.45, 2.75) is 77.1 Å². The number of carbonyl (C=O) groups is 3. The average molecular weight is 527 g/mol. The Morgan fingerprint density at radius 2 is 1.87 bits per heavy atom. The van der Waals surface area contributed by atoms with Crippen LogP contribution in [0.25, 0.3) is 0 Å². The first-order valence-corrected chi connectivity index (χ1v) is 13.0. The Hall–Kier alpha value is -3.69. The third-order valence-corrected chi connectivity index (χ3v) is 6.92. The Bertz CT molecular complexity index is 1250. The summed E-state index contributed by atoms with van der Waals surface area (Å²) < 4.78 is 18.9. The monoisotopic (exact) mass is 526 g/mol. The Labute approximate surface area is 221 Å². The molecule has 0 saturated carbocycles. The third kappa shape index (κ3) is 6.59. The maximum absolute atomic E-state index is 13.3. The lowest BCUT2D eigenvalue weighted by Gasteiger charge is -2.28. The molecule has 1 aromatic heterocycles. The Balaban J connectivity index is 1.41. The molecule has 0 radical (unpaired) electrons. The van der Waals surface area contributed by atoms with Crippen LogP contribution in [0.4, 0.5) is 9.18 Å². The number of likely N-dealkylation sites (tertiary alicyclic amines) is 1. The van der Waals surface area contributed by atoms with Crippen LogP contribution in [-0.2, 0) is 27.2 Å². The van der Waals surface area contributed by atoms with Crippen LogP contribution in [0, 0.1) is 11.7 Å². The van der Waals surface area contributed by atoms with Gasteiger partial charge >= 0.3 is 6.09 Å². The summed E-state index contributed by atoms with van der Waals surface area (Å²) in [5.41, 5.74) is 1.67. The summed E-state index contributed by atoms with van der Waals surface area (Å²) in [5, 5.41) is 5.71. The molecule has 1 fully saturated rings. The summed E-state index contributed by atoms with van der Waals surface area (Å²) in [6.07, 6.45) is 1.68. The number of benzene rings is 1. The van der Waals surface area contributed by atoms with Gasteiger partial charge in [0.1, 0.15) is 23.5 Å². The summed E-state index contributed by atoms with van der Waals surface area (Å²) in [6.45, 7) is 7.18. The molecule has 9 nitrogen and oxygen atoms in total. The van der Waals surface area contributed by atoms with Gasteiger partial charge in [0.15, 0.2) is 0 Å². The van der Waals surface area contributed by atoms with Crippen molar-refractivity contribution >= 4 is 17.9 Å². The van der Waals surface area contributed by atoms with Gasteiger partial charge in [-0.1, -0.05) is 12.1 Å². The highest BCUT2D eigenvalue weighted by Gasteiger charge is 2.42. The van der Waals surface area contributed by atoms with Gasteiger partial charge in [-0.3, -0.25) is 19.3 Å². The van der Waals surface area contributed by atoms with Crippen molar-refractivity contribution in [3.63, 3.8) is 0 Å². The highest BCUT2D eigenvalue weighted by molar-refractivity contribution is 5.91. The summed E-state index contributed by atoms with van der Waals surface area (Å²) in [7, 11) is 0. The van der Waals surface area contributed by atoms with Crippen molar-refractivity contribution in [3.05, 3.63) is 69.4 Å². The number of nitrogens with one attached hydrogen (secondary N) is 3. The number of rotatable bonds is 6. The molecule has 1 aromatic carbocycles. The molecule has 10 heteroatoms. The summed E-state index contributed by atoms with van der Waals surface area (Å²) in [4.78, 5) is 55.0. The number of hydrogen-bond acceptors (Lipinski definition) is 5. The zero-order valence-electron chi connectivity index (χ0n) is 22.2. The van der Waals surface area contributed by atoms with E-state index in [2.05, 4.69) is 15.6 Å². The van der Waals surface area contributed by atoms with Crippen LogP contribution < -0.4 is 16.2 Å². The molecule has 204 valence electrons. The van der Waals surface area contributed by atoms with Crippen molar-refractivity contribution in [1.29, 1.82) is 0 Å². The van der Waals surface area contributed by atoms with Crippen molar-refractivity contribution < 1.29 is 23.5 Å². The van der Waals surface area contributed by atoms with Gasteiger partial charge < -0.3 is 20.4 Å². The second-order valence-corrected chi connectivity index (χ2v) is 11.2. The van der Waals surface area contributed by atoms with Crippen LogP contribution in [-0.4, -0.2) is 52.0 Å². The van der Waals surface area contributed by atoms with E-state index in [0.717, 1.165) is 16.8 Å². The smallest absolute Gasteiger partial charge is 0.410 e. The number of pyridine rings is 1. The zero-order valence-corrected chi connectivity index (χ0v) is 22.2. The Morgan fingerprint density at radius 3 is 2.55 bits per heavy atom. The molecule has 0 spiro atoms. The predicted molar refractivity (Wildman–Crippen MR) is 139 cm³/mol. The SMILES string of the molecule is C[C@H](NC(=O)C1C[C@H](Cc2ccc(F)cc2)CN1C(=O)OC(C)(C)C)C(=O)NC1CCc2[nH]c(=O)ccc21. The van der Waals surface area contributed by atoms with Gasteiger partial charge in [-0.05, 0) is 88.6 Å². The molecule has 4 rings (SSSR count). The van der Waals surface area contributed by atoms with Crippen LogP contribution in [0.5, 0.6) is 0 Å². The minimum atomic E-state index is -0.842. The summed E-state index contributed by atoms with van der Waals surface area (Å²) in [6, 6.07) is 7.43. The number of fused-ring (bicyclic) bond motifs is 1. The van der Waals surface area contributed by atoms with Crippen LogP contribution >= 0.6 is 0 Å². The van der Waals surface area contributed by atoms with E-state index in [1.165, 1.54) is 23.1 Å². The van der Waals surface area contributed by atoms with Crippen molar-refractivity contribution in [3.8, 4) is 0 Å². The molecule has 0 bridgehead atoms. The van der Waals surface area contributed by atoms with Crippen LogP contribution in [0.3, 0.4) is 0 Å². The van der Waals surface area contributed by atoms with E-state index in [9.17, 15) is 23.6 Å². The molecule has 2 aliphatic rings. The van der Waals surface area contributed by atoms with Gasteiger partial charge in [0.05, 0.1) is 6.04 Å². The van der Waals surface area contributed by atoms with E-state index in [4.69, 9.17) is 4.74 Å². The fourth-order valence-corrected chi connectivity index (χ4v) is 5.12. The van der Waals surface area contributed by atoms with Crippen LogP contribution in [0.15, 0.2) is 41.2 Å². The number of carbonyl (C=O) groups excluding carboxylic acids is 3. The Morgan fingerprint density at radius 1 is 1.16 bits per heavy atom. The highest BCUT2D eigenvalue weighted by Crippen LogP contribution is 2.30. The third-order valence-electron chi connectivity index (χ3n) is 6.92. The number of H-pyrrole nitrogens is 1. The van der Waals surface area contributed by atoms with Crippen molar-refractivity contribution in [2.75, 3.05) is 6.54 Å². The van der Waals surface area contributed by atoms with Gasteiger partial charge in [0, 0.05) is 18.3 Å². The van der Waals surface area contributed by atoms with E-state index in [1.807, 2.05) is 0 Å². The predicted octanol–water partition coefficient (Wildman–Crippen LogP) is 2.99. The van der Waals surface area contributed by atoms with E-state index in [1.54, 1.807) is 45.9 Å². The summed E-state index contributed by atoms with van der Waals surface area (Å²) >= 11 is 0. The van der Waals surface area contributed by atoms with E-state index < -0.39 is 29.7 Å². The molecular formula is C28H35FN4O5. The number of aromatic amines is 1. The highest BCUT2D eigenvalue weighted by atomic mass is 19.1. The second-order valence-electron chi connectivity index (χ2n) is 11.2. The molecule has 1 saturated heterocycles. The number of aromatic nitrogens is 1. The number of hydrogen-bond donors (Lipinski definition) is 3. The van der Waals surface area contributed by atoms with Crippen molar-refractivity contribution in [2.24, 2.45) is 5.92 Å². The lowest BCUT2D eigenvalue weighted by molar-refractivity contribution is -0.131. The molecule has 38 heavy (non-hydrogen) atoms. The van der Waals surface area contributed by atoms with Gasteiger partial charge in [0.2, 0.25) is 17.4 Å². The lowest BCUT2D eigenvalue weighted by Crippen LogP contribution is -2.52. The quantitative estimate of drug-likeness (QED) is 0.535. The van der Waals surface area contributed by atoms with Gasteiger partial charge in [-0.25, -0.2) is 9.18 Å². The minimum Gasteiger partial charge on any atom is -0.444 e. The molecular weight excluding hydrogens is 491 g/mol. The lowest BCUT2D eigenvalue weighted by atomic mass is 9.96. The number of ether oxygens (including phenoxy) is 1. The number of amides is 3. The average Bonchev–Trinajstić information content (AvgIpc) is 3.43. The normalized spacial score (nSPS) is 21.5. The number of aryl methyl sites for hydroxylation is 1. The fourth-order valence-electron chi connectivity index (χ4n) is 5.12. The van der Waals surface area contributed by atoms with Gasteiger partial charge in [-0.15, -0.1) is 0 Å². The first-order valence-electron chi connectivity index (χ1n) is 13.0. The summed E-state index contributed by atoms with van der Waals surface area (Å²) in [5.74, 6) is -1.15. The fraction of sp³-hybridized carbons (Fsp3) is 0.500. The number of halogens is 1. The van der Waals surface area contributed by atoms with Gasteiger partial charge in [0.25, 0.3) is 0 Å². The molecule has 2 aromatic rings. The second kappa shape index (κ2) is 11.0. The van der Waals surface area contributed by atoms with E-state index in [0.29, 0.717) is 32.2 Å².